The van der Waals surface area contributed by atoms with Gasteiger partial charge in [-0.1, -0.05) is 60.7 Å². The van der Waals surface area contributed by atoms with Crippen molar-refractivity contribution in [1.29, 1.82) is 0 Å². The van der Waals surface area contributed by atoms with Crippen LogP contribution in [0.1, 0.15) is 74.0 Å². The highest BCUT2D eigenvalue weighted by Crippen LogP contribution is 2.59. The number of hydrogen-bond donors (Lipinski definition) is 2. The summed E-state index contributed by atoms with van der Waals surface area (Å²) in [7, 11) is 0. The normalized spacial score (nSPS) is 24.5. The second-order valence-electron chi connectivity index (χ2n) is 10.7. The van der Waals surface area contributed by atoms with Crippen LogP contribution in [0.25, 0.3) is 11.2 Å². The first-order valence-electron chi connectivity index (χ1n) is 12.7. The van der Waals surface area contributed by atoms with Crippen LogP contribution in [0.5, 0.6) is 0 Å². The number of aromatic amines is 1. The molecule has 2 aromatic carbocycles. The number of aromatic nitrogens is 4. The molecule has 0 spiro atoms. The second-order valence-corrected chi connectivity index (χ2v) is 10.7. The molecule has 0 amide bonds. The van der Waals surface area contributed by atoms with E-state index in [9.17, 15) is 4.79 Å². The van der Waals surface area contributed by atoms with Gasteiger partial charge in [0.1, 0.15) is 17.1 Å². The average Bonchev–Trinajstić information content (AvgIpc) is 3.37. The summed E-state index contributed by atoms with van der Waals surface area (Å²) in [5.41, 5.74) is 11.2. The van der Waals surface area contributed by atoms with Crippen molar-refractivity contribution in [3.63, 3.8) is 0 Å². The van der Waals surface area contributed by atoms with Crippen molar-refractivity contribution < 1.29 is 4.79 Å². The Morgan fingerprint density at radius 3 is 2.26 bits per heavy atom. The number of pyridine rings is 1. The Labute approximate surface area is 205 Å². The van der Waals surface area contributed by atoms with Crippen LogP contribution in [0, 0.1) is 5.41 Å². The van der Waals surface area contributed by atoms with E-state index in [1.54, 1.807) is 0 Å². The van der Waals surface area contributed by atoms with E-state index < -0.39 is 0 Å². The van der Waals surface area contributed by atoms with E-state index in [1.807, 2.05) is 24.3 Å². The van der Waals surface area contributed by atoms with E-state index in [2.05, 4.69) is 62.9 Å². The molecule has 7 rings (SSSR count). The van der Waals surface area contributed by atoms with Gasteiger partial charge in [0, 0.05) is 18.8 Å². The Bertz CT molecular complexity index is 1320. The second kappa shape index (κ2) is 8.59. The molecule has 35 heavy (non-hydrogen) atoms. The number of fused-ring (bicyclic) bond motifs is 4. The van der Waals surface area contributed by atoms with Crippen LogP contribution < -0.4 is 5.73 Å². The lowest BCUT2D eigenvalue weighted by atomic mass is 9.51. The van der Waals surface area contributed by atoms with Crippen LogP contribution >= 0.6 is 0 Å². The van der Waals surface area contributed by atoms with E-state index in [-0.39, 0.29) is 11.3 Å². The minimum Gasteiger partial charge on any atom is -0.384 e. The van der Waals surface area contributed by atoms with Crippen LogP contribution in [0.3, 0.4) is 0 Å². The molecule has 3 aliphatic rings. The summed E-state index contributed by atoms with van der Waals surface area (Å²) in [6.45, 7) is 0. The summed E-state index contributed by atoms with van der Waals surface area (Å²) in [5, 5.41) is 11.1. The molecule has 0 saturated heterocycles. The number of carbonyl (C=O) groups excluding carboxylic acids is 1. The zero-order valence-corrected chi connectivity index (χ0v) is 19.9. The van der Waals surface area contributed by atoms with Gasteiger partial charge < -0.3 is 5.73 Å². The quantitative estimate of drug-likeness (QED) is 0.364. The molecular formula is C29H31N5O. The van der Waals surface area contributed by atoms with Gasteiger partial charge in [0.15, 0.2) is 0 Å². The van der Waals surface area contributed by atoms with E-state index in [0.717, 1.165) is 30.4 Å². The predicted molar refractivity (Wildman–Crippen MR) is 137 cm³/mol. The summed E-state index contributed by atoms with van der Waals surface area (Å²) in [4.78, 5) is 18.0. The van der Waals surface area contributed by atoms with Crippen molar-refractivity contribution in [2.45, 2.75) is 62.7 Å². The number of H-pyrrole nitrogens is 1. The van der Waals surface area contributed by atoms with Crippen molar-refractivity contribution in [2.75, 3.05) is 5.73 Å². The van der Waals surface area contributed by atoms with Gasteiger partial charge in [-0.15, -0.1) is 5.10 Å². The number of nitrogen functional groups attached to an aromatic ring is 1. The number of nitrogens with zero attached hydrogens (tertiary/aromatic N) is 3. The summed E-state index contributed by atoms with van der Waals surface area (Å²) >= 11 is 0. The molecule has 2 bridgehead atoms. The first kappa shape index (κ1) is 22.0. The Morgan fingerprint density at radius 2 is 1.57 bits per heavy atom. The molecule has 3 fully saturated rings. The van der Waals surface area contributed by atoms with Gasteiger partial charge in [-0.05, 0) is 72.1 Å². The van der Waals surface area contributed by atoms with E-state index in [1.165, 1.54) is 24.8 Å². The molecule has 0 unspecified atom stereocenters. The fourth-order valence-electron chi connectivity index (χ4n) is 6.71. The Morgan fingerprint density at radius 1 is 0.914 bits per heavy atom. The topological polar surface area (TPSA) is 97.6 Å². The van der Waals surface area contributed by atoms with Crippen molar-refractivity contribution in [1.82, 2.24) is 20.4 Å². The molecule has 3 saturated carbocycles. The number of hydrogen-bond acceptors (Lipinski definition) is 5. The lowest BCUT2D eigenvalue weighted by Crippen LogP contribution is -2.45. The molecule has 3 N–H and O–H groups in total. The maximum absolute atomic E-state index is 13.7. The number of ketones is 1. The third-order valence-electron chi connectivity index (χ3n) is 8.71. The number of carbonyl (C=O) groups is 1. The minimum atomic E-state index is -0.131. The average molecular weight is 466 g/mol. The maximum atomic E-state index is 13.7. The predicted octanol–water partition coefficient (Wildman–Crippen LogP) is 5.71. The van der Waals surface area contributed by atoms with E-state index in [0.29, 0.717) is 41.0 Å². The van der Waals surface area contributed by atoms with Gasteiger partial charge in [-0.3, -0.25) is 4.79 Å². The third kappa shape index (κ3) is 4.01. The number of nitrogens with one attached hydrogen (secondary N) is 1. The fraction of sp³-hybridized carbons (Fsp3) is 0.379. The smallest absolute Gasteiger partial charge is 0.203 e. The first-order valence-corrected chi connectivity index (χ1v) is 12.7. The largest absolute Gasteiger partial charge is 0.384 e. The Kier molecular flexibility index (Phi) is 5.39. The Balaban J connectivity index is 1.24. The molecule has 0 aliphatic heterocycles. The molecule has 6 heteroatoms. The van der Waals surface area contributed by atoms with Crippen molar-refractivity contribution in [3.8, 4) is 0 Å². The molecule has 178 valence electrons. The van der Waals surface area contributed by atoms with Crippen LogP contribution in [0.4, 0.5) is 5.82 Å². The summed E-state index contributed by atoms with van der Waals surface area (Å²) < 4.78 is 0. The molecule has 2 heterocycles. The van der Waals surface area contributed by atoms with Crippen molar-refractivity contribution >= 4 is 22.8 Å². The van der Waals surface area contributed by atoms with Crippen molar-refractivity contribution in [2.24, 2.45) is 5.41 Å². The molecule has 3 aliphatic carbocycles. The first-order chi connectivity index (χ1) is 17.1. The highest BCUT2D eigenvalue weighted by molar-refractivity contribution is 5.83. The van der Waals surface area contributed by atoms with Crippen LogP contribution in [-0.2, 0) is 10.2 Å². The SMILES string of the molecule is Nc1cc([C@H](CC(=O)CC23CCC(c4ccccc4)(CC2)CC3)c2ccccc2)c2n[nH]nc2n1. The van der Waals surface area contributed by atoms with Gasteiger partial charge in [0.2, 0.25) is 5.65 Å². The maximum Gasteiger partial charge on any atom is 0.203 e. The lowest BCUT2D eigenvalue weighted by Gasteiger charge is -2.54. The van der Waals surface area contributed by atoms with Crippen LogP contribution in [0.15, 0.2) is 66.7 Å². The fourth-order valence-corrected chi connectivity index (χ4v) is 6.71. The zero-order chi connectivity index (χ0) is 23.9. The van der Waals surface area contributed by atoms with Crippen LogP contribution in [-0.4, -0.2) is 26.2 Å². The molecular weight excluding hydrogens is 434 g/mol. The minimum absolute atomic E-state index is 0.131. The molecule has 6 nitrogen and oxygen atoms in total. The van der Waals surface area contributed by atoms with Gasteiger partial charge in [-0.25, -0.2) is 4.98 Å². The molecule has 4 aromatic rings. The Hall–Kier alpha value is -3.54. The van der Waals surface area contributed by atoms with E-state index in [4.69, 9.17) is 5.73 Å². The lowest BCUT2D eigenvalue weighted by molar-refractivity contribution is -0.123. The third-order valence-corrected chi connectivity index (χ3v) is 8.71. The number of Topliss-reactive ketones (excluding diaryl/α,β-unsaturated/α-hetero) is 1. The summed E-state index contributed by atoms with van der Waals surface area (Å²) in [6.07, 6.45) is 8.06. The number of nitrogens with two attached hydrogens (primary N) is 1. The van der Waals surface area contributed by atoms with Gasteiger partial charge >= 0.3 is 0 Å². The van der Waals surface area contributed by atoms with Crippen molar-refractivity contribution in [3.05, 3.63) is 83.4 Å². The van der Waals surface area contributed by atoms with Gasteiger partial charge in [0.25, 0.3) is 0 Å². The standard InChI is InChI=1S/C29H31N5O/c30-25-18-24(26-27(31-25)33-34-32-26)23(20-7-3-1-4-8-20)17-22(35)19-28-11-14-29(15-12-28,16-13-28)21-9-5-2-6-10-21/h1-10,18,23H,11-17,19H2,(H3,30,31,32,33,34)/t23-,28?,29?/m1/s1. The monoisotopic (exact) mass is 465 g/mol. The van der Waals surface area contributed by atoms with E-state index >= 15 is 0 Å². The zero-order valence-electron chi connectivity index (χ0n) is 19.9. The van der Waals surface area contributed by atoms with Gasteiger partial charge in [0.05, 0.1) is 0 Å². The molecule has 0 radical (unpaired) electrons. The number of anilines is 1. The highest BCUT2D eigenvalue weighted by Gasteiger charge is 2.49. The molecule has 1 atom stereocenters. The van der Waals surface area contributed by atoms with Crippen LogP contribution in [0.2, 0.25) is 0 Å². The molecule has 2 aromatic heterocycles. The number of rotatable bonds is 7. The number of benzene rings is 2. The summed E-state index contributed by atoms with van der Waals surface area (Å²) in [5.74, 6) is 0.582. The summed E-state index contributed by atoms with van der Waals surface area (Å²) in [6, 6.07) is 23.0. The highest BCUT2D eigenvalue weighted by atomic mass is 16.1. The van der Waals surface area contributed by atoms with Gasteiger partial charge in [-0.2, -0.15) is 10.3 Å².